The number of carbonyl (C=O) groups is 3. The van der Waals surface area contributed by atoms with Crippen LogP contribution in [0.5, 0.6) is 0 Å². The molecule has 1 atom stereocenters. The SMILES string of the molecule is CC/C=C\C/C=C\C/C=C\C/C=C\C/C=C\C/C=C\CCCCCCC(=O)OC(COC(=O)CCCCCCCCCCCC)COC(=O)CCCCCCCCCCCCCCCCCCCCCCCCCCCCCCC. The van der Waals surface area contributed by atoms with E-state index in [1.807, 2.05) is 0 Å². The summed E-state index contributed by atoms with van der Waals surface area (Å²) in [6, 6.07) is 0. The Balaban J connectivity index is 4.19. The van der Waals surface area contributed by atoms with Gasteiger partial charge in [0.1, 0.15) is 13.2 Å². The fourth-order valence-electron chi connectivity index (χ4n) is 10.3. The van der Waals surface area contributed by atoms with Crippen LogP contribution in [0.4, 0.5) is 0 Å². The third-order valence-corrected chi connectivity index (χ3v) is 15.5. The van der Waals surface area contributed by atoms with Crippen molar-refractivity contribution in [2.45, 2.75) is 367 Å². The minimum Gasteiger partial charge on any atom is -0.462 e. The van der Waals surface area contributed by atoms with Crippen molar-refractivity contribution in [2.75, 3.05) is 13.2 Å². The predicted octanol–water partition coefficient (Wildman–Crippen LogP) is 24.1. The summed E-state index contributed by atoms with van der Waals surface area (Å²) in [6.45, 7) is 6.54. The molecule has 6 heteroatoms. The molecular weight excluding hydrogens is 985 g/mol. The minimum atomic E-state index is -0.787. The molecule has 0 aliphatic carbocycles. The zero-order valence-corrected chi connectivity index (χ0v) is 53.3. The molecule has 0 fully saturated rings. The van der Waals surface area contributed by atoms with E-state index in [2.05, 4.69) is 93.7 Å². The molecule has 0 bridgehead atoms. The summed E-state index contributed by atoms with van der Waals surface area (Å²) in [5.74, 6) is -0.890. The van der Waals surface area contributed by atoms with Gasteiger partial charge in [-0.05, 0) is 70.6 Å². The number of hydrogen-bond acceptors (Lipinski definition) is 6. The number of carbonyl (C=O) groups excluding carboxylic acids is 3. The lowest BCUT2D eigenvalue weighted by Gasteiger charge is -2.18. The van der Waals surface area contributed by atoms with Gasteiger partial charge in [0, 0.05) is 19.3 Å². The van der Waals surface area contributed by atoms with E-state index < -0.39 is 6.10 Å². The summed E-state index contributed by atoms with van der Waals surface area (Å²) >= 11 is 0. The van der Waals surface area contributed by atoms with Gasteiger partial charge in [0.2, 0.25) is 0 Å². The number of rotatable bonds is 64. The highest BCUT2D eigenvalue weighted by Gasteiger charge is 2.19. The number of allylic oxidation sites excluding steroid dienone is 12. The van der Waals surface area contributed by atoms with Crippen molar-refractivity contribution < 1.29 is 28.6 Å². The molecule has 0 aromatic rings. The van der Waals surface area contributed by atoms with E-state index in [9.17, 15) is 14.4 Å². The van der Waals surface area contributed by atoms with Crippen LogP contribution >= 0.6 is 0 Å². The molecule has 0 aliphatic heterocycles. The zero-order chi connectivity index (χ0) is 57.8. The lowest BCUT2D eigenvalue weighted by Crippen LogP contribution is -2.30. The van der Waals surface area contributed by atoms with E-state index in [0.717, 1.165) is 109 Å². The van der Waals surface area contributed by atoms with Crippen molar-refractivity contribution in [2.24, 2.45) is 0 Å². The van der Waals surface area contributed by atoms with Gasteiger partial charge in [0.15, 0.2) is 6.10 Å². The van der Waals surface area contributed by atoms with E-state index in [-0.39, 0.29) is 31.1 Å². The minimum absolute atomic E-state index is 0.0817. The van der Waals surface area contributed by atoms with Crippen LogP contribution < -0.4 is 0 Å². The van der Waals surface area contributed by atoms with Crippen molar-refractivity contribution in [3.63, 3.8) is 0 Å². The van der Waals surface area contributed by atoms with Crippen LogP contribution in [0.15, 0.2) is 72.9 Å². The third-order valence-electron chi connectivity index (χ3n) is 15.5. The van der Waals surface area contributed by atoms with Gasteiger partial charge < -0.3 is 14.2 Å². The quantitative estimate of drug-likeness (QED) is 0.0261. The third kappa shape index (κ3) is 65.7. The van der Waals surface area contributed by atoms with Crippen molar-refractivity contribution in [1.82, 2.24) is 0 Å². The molecule has 0 saturated heterocycles. The lowest BCUT2D eigenvalue weighted by atomic mass is 10.0. The van der Waals surface area contributed by atoms with Gasteiger partial charge in [-0.1, -0.05) is 344 Å². The van der Waals surface area contributed by atoms with E-state index in [1.165, 1.54) is 212 Å². The molecule has 80 heavy (non-hydrogen) atoms. The second-order valence-corrected chi connectivity index (χ2v) is 23.4. The molecule has 0 radical (unpaired) electrons. The lowest BCUT2D eigenvalue weighted by molar-refractivity contribution is -0.167. The Morgan fingerprint density at radius 1 is 0.263 bits per heavy atom. The van der Waals surface area contributed by atoms with Crippen molar-refractivity contribution in [1.29, 1.82) is 0 Å². The molecule has 1 unspecified atom stereocenters. The topological polar surface area (TPSA) is 78.9 Å². The molecule has 0 aromatic carbocycles. The standard InChI is InChI=1S/C74H132O6/c1-4-7-10-13-16-19-22-24-26-28-30-32-34-35-36-37-38-39-41-42-44-46-48-50-52-55-58-61-64-67-73(76)79-70-71(69-78-72(75)66-63-60-57-54-21-18-15-12-9-6-3)80-74(77)68-65-62-59-56-53-51-49-47-45-43-40-33-31-29-27-25-23-20-17-14-11-8-5-2/h8,11,17,20,25,27,31,33,43,45,49,51,71H,4-7,9-10,12-16,18-19,21-24,26,28-30,32,34-42,44,46-48,50,52-70H2,1-3H3/b11-8-,20-17-,27-25-,33-31-,45-43-,51-49-. The Bertz CT molecular complexity index is 1470. The van der Waals surface area contributed by atoms with Crippen LogP contribution in [0, 0.1) is 0 Å². The number of esters is 3. The maximum atomic E-state index is 12.9. The summed E-state index contributed by atoms with van der Waals surface area (Å²) in [6.07, 6.45) is 89.5. The first-order valence-electron chi connectivity index (χ1n) is 34.9. The second-order valence-electron chi connectivity index (χ2n) is 23.4. The number of hydrogen-bond donors (Lipinski definition) is 0. The Kier molecular flexibility index (Phi) is 65.7. The van der Waals surface area contributed by atoms with Gasteiger partial charge in [0.25, 0.3) is 0 Å². The van der Waals surface area contributed by atoms with Crippen LogP contribution in [-0.2, 0) is 28.6 Å². The molecule has 0 saturated carbocycles. The Morgan fingerprint density at radius 3 is 0.762 bits per heavy atom. The molecule has 0 aliphatic rings. The fraction of sp³-hybridized carbons (Fsp3) is 0.797. The molecule has 0 amide bonds. The largest absolute Gasteiger partial charge is 0.462 e. The second kappa shape index (κ2) is 68.3. The summed E-state index contributed by atoms with van der Waals surface area (Å²) < 4.78 is 16.9. The first-order valence-corrected chi connectivity index (χ1v) is 34.9. The molecule has 0 aromatic heterocycles. The molecule has 0 heterocycles. The van der Waals surface area contributed by atoms with Crippen LogP contribution in [0.2, 0.25) is 0 Å². The van der Waals surface area contributed by atoms with E-state index in [1.54, 1.807) is 0 Å². The summed E-state index contributed by atoms with van der Waals surface area (Å²) in [5, 5.41) is 0. The normalized spacial score (nSPS) is 12.5. The molecule has 0 N–H and O–H groups in total. The Morgan fingerprint density at radius 2 is 0.487 bits per heavy atom. The predicted molar refractivity (Wildman–Crippen MR) is 348 cm³/mol. The monoisotopic (exact) mass is 1120 g/mol. The highest BCUT2D eigenvalue weighted by Crippen LogP contribution is 2.18. The van der Waals surface area contributed by atoms with Crippen LogP contribution in [0.1, 0.15) is 361 Å². The van der Waals surface area contributed by atoms with E-state index >= 15 is 0 Å². The fourth-order valence-corrected chi connectivity index (χ4v) is 10.3. The van der Waals surface area contributed by atoms with Crippen molar-refractivity contribution >= 4 is 17.9 Å². The summed E-state index contributed by atoms with van der Waals surface area (Å²) in [5.41, 5.74) is 0. The van der Waals surface area contributed by atoms with Crippen LogP contribution in [-0.4, -0.2) is 37.2 Å². The van der Waals surface area contributed by atoms with Crippen molar-refractivity contribution in [3.8, 4) is 0 Å². The maximum absolute atomic E-state index is 12.9. The smallest absolute Gasteiger partial charge is 0.306 e. The molecule has 464 valence electrons. The van der Waals surface area contributed by atoms with E-state index in [4.69, 9.17) is 14.2 Å². The molecular formula is C74H132O6. The van der Waals surface area contributed by atoms with Crippen LogP contribution in [0.25, 0.3) is 0 Å². The molecule has 0 rings (SSSR count). The van der Waals surface area contributed by atoms with Gasteiger partial charge >= 0.3 is 17.9 Å². The first kappa shape index (κ1) is 76.9. The molecule has 6 nitrogen and oxygen atoms in total. The van der Waals surface area contributed by atoms with Crippen molar-refractivity contribution in [3.05, 3.63) is 72.9 Å². The van der Waals surface area contributed by atoms with Gasteiger partial charge in [-0.2, -0.15) is 0 Å². The first-order chi connectivity index (χ1) is 39.5. The highest BCUT2D eigenvalue weighted by atomic mass is 16.6. The summed E-state index contributed by atoms with van der Waals surface area (Å²) in [7, 11) is 0. The van der Waals surface area contributed by atoms with E-state index in [0.29, 0.717) is 19.3 Å². The Labute approximate surface area is 497 Å². The average molecular weight is 1120 g/mol. The van der Waals surface area contributed by atoms with Crippen LogP contribution in [0.3, 0.4) is 0 Å². The Hall–Kier alpha value is -3.15. The average Bonchev–Trinajstić information content (AvgIpc) is 3.46. The van der Waals surface area contributed by atoms with Gasteiger partial charge in [-0.25, -0.2) is 0 Å². The molecule has 0 spiro atoms. The van der Waals surface area contributed by atoms with Gasteiger partial charge in [-0.15, -0.1) is 0 Å². The summed E-state index contributed by atoms with van der Waals surface area (Å²) in [4.78, 5) is 38.3. The zero-order valence-electron chi connectivity index (χ0n) is 53.3. The van der Waals surface area contributed by atoms with Gasteiger partial charge in [0.05, 0.1) is 0 Å². The highest BCUT2D eigenvalue weighted by molar-refractivity contribution is 5.71. The maximum Gasteiger partial charge on any atom is 0.306 e. The van der Waals surface area contributed by atoms with Gasteiger partial charge in [-0.3, -0.25) is 14.4 Å². The number of ether oxygens (including phenoxy) is 3. The number of unbranched alkanes of at least 4 members (excludes halogenated alkanes) is 41.